The SMILES string of the molecule is CCCn1ncnc1CC(N)c1cccc2c1OCCO2. The maximum absolute atomic E-state index is 6.36. The molecular formula is C15H20N4O2. The van der Waals surface area contributed by atoms with Crippen molar-refractivity contribution in [2.24, 2.45) is 5.73 Å². The third-order valence-corrected chi connectivity index (χ3v) is 3.53. The molecule has 0 saturated heterocycles. The van der Waals surface area contributed by atoms with Crippen LogP contribution >= 0.6 is 0 Å². The van der Waals surface area contributed by atoms with Gasteiger partial charge in [-0.2, -0.15) is 5.10 Å². The summed E-state index contributed by atoms with van der Waals surface area (Å²) < 4.78 is 13.2. The van der Waals surface area contributed by atoms with Gasteiger partial charge in [0.15, 0.2) is 11.5 Å². The Labute approximate surface area is 123 Å². The van der Waals surface area contributed by atoms with Crippen LogP contribution in [0.4, 0.5) is 0 Å². The molecule has 0 saturated carbocycles. The molecule has 0 spiro atoms. The minimum atomic E-state index is -0.193. The van der Waals surface area contributed by atoms with Gasteiger partial charge in [0.1, 0.15) is 25.4 Å². The molecule has 1 unspecified atom stereocenters. The lowest BCUT2D eigenvalue weighted by atomic mass is 10.0. The van der Waals surface area contributed by atoms with Gasteiger partial charge in [-0.3, -0.25) is 4.68 Å². The third-order valence-electron chi connectivity index (χ3n) is 3.53. The molecule has 1 aromatic heterocycles. The van der Waals surface area contributed by atoms with Gasteiger partial charge in [0, 0.05) is 24.6 Å². The van der Waals surface area contributed by atoms with Crippen LogP contribution in [-0.4, -0.2) is 28.0 Å². The Bertz CT molecular complexity index is 611. The highest BCUT2D eigenvalue weighted by atomic mass is 16.6. The van der Waals surface area contributed by atoms with Crippen LogP contribution in [0.15, 0.2) is 24.5 Å². The molecule has 1 aliphatic heterocycles. The zero-order valence-corrected chi connectivity index (χ0v) is 12.2. The van der Waals surface area contributed by atoms with Crippen molar-refractivity contribution >= 4 is 0 Å². The van der Waals surface area contributed by atoms with Crippen LogP contribution in [0.1, 0.15) is 30.8 Å². The Morgan fingerprint density at radius 1 is 1.33 bits per heavy atom. The highest BCUT2D eigenvalue weighted by molar-refractivity contribution is 5.49. The minimum absolute atomic E-state index is 0.193. The Balaban J connectivity index is 1.82. The molecule has 0 bridgehead atoms. The summed E-state index contributed by atoms with van der Waals surface area (Å²) in [5.74, 6) is 2.43. The second-order valence-electron chi connectivity index (χ2n) is 5.08. The monoisotopic (exact) mass is 288 g/mol. The number of para-hydroxylation sites is 1. The van der Waals surface area contributed by atoms with Crippen LogP contribution in [0.2, 0.25) is 0 Å². The number of rotatable bonds is 5. The topological polar surface area (TPSA) is 75.2 Å². The van der Waals surface area contributed by atoms with Gasteiger partial charge in [-0.15, -0.1) is 0 Å². The molecular weight excluding hydrogens is 268 g/mol. The molecule has 0 amide bonds. The van der Waals surface area contributed by atoms with Gasteiger partial charge in [-0.25, -0.2) is 4.98 Å². The third kappa shape index (κ3) is 2.85. The van der Waals surface area contributed by atoms with Gasteiger partial charge >= 0.3 is 0 Å². The summed E-state index contributed by atoms with van der Waals surface area (Å²) in [4.78, 5) is 4.31. The number of hydrogen-bond acceptors (Lipinski definition) is 5. The molecule has 6 heteroatoms. The fourth-order valence-corrected chi connectivity index (χ4v) is 2.54. The lowest BCUT2D eigenvalue weighted by molar-refractivity contribution is 0.169. The number of nitrogens with two attached hydrogens (primary N) is 1. The summed E-state index contributed by atoms with van der Waals surface area (Å²) in [6, 6.07) is 5.64. The van der Waals surface area contributed by atoms with E-state index in [1.54, 1.807) is 6.33 Å². The van der Waals surface area contributed by atoms with E-state index in [0.29, 0.717) is 19.6 Å². The molecule has 6 nitrogen and oxygen atoms in total. The summed E-state index contributed by atoms with van der Waals surface area (Å²) in [6.45, 7) is 4.11. The van der Waals surface area contributed by atoms with Crippen molar-refractivity contribution in [2.75, 3.05) is 13.2 Å². The van der Waals surface area contributed by atoms with E-state index in [2.05, 4.69) is 17.0 Å². The van der Waals surface area contributed by atoms with Crippen molar-refractivity contribution in [2.45, 2.75) is 32.4 Å². The number of benzene rings is 1. The molecule has 1 aliphatic rings. The zero-order valence-electron chi connectivity index (χ0n) is 12.2. The van der Waals surface area contributed by atoms with Crippen molar-refractivity contribution in [3.8, 4) is 11.5 Å². The lowest BCUT2D eigenvalue weighted by Gasteiger charge is -2.23. The van der Waals surface area contributed by atoms with E-state index in [1.165, 1.54) is 0 Å². The zero-order chi connectivity index (χ0) is 14.7. The predicted octanol–water partition coefficient (Wildman–Crippen LogP) is 1.70. The Morgan fingerprint density at radius 2 is 2.19 bits per heavy atom. The van der Waals surface area contributed by atoms with E-state index in [-0.39, 0.29) is 6.04 Å². The van der Waals surface area contributed by atoms with E-state index in [4.69, 9.17) is 15.2 Å². The normalized spacial score (nSPS) is 15.0. The van der Waals surface area contributed by atoms with Gasteiger partial charge in [-0.05, 0) is 12.5 Å². The van der Waals surface area contributed by atoms with Crippen molar-refractivity contribution in [1.29, 1.82) is 0 Å². The summed E-state index contributed by atoms with van der Waals surface area (Å²) >= 11 is 0. The van der Waals surface area contributed by atoms with Crippen LogP contribution in [0.25, 0.3) is 0 Å². The summed E-state index contributed by atoms with van der Waals surface area (Å²) in [5.41, 5.74) is 7.32. The highest BCUT2D eigenvalue weighted by Gasteiger charge is 2.21. The number of hydrogen-bond donors (Lipinski definition) is 1. The Morgan fingerprint density at radius 3 is 3.05 bits per heavy atom. The van der Waals surface area contributed by atoms with Crippen molar-refractivity contribution in [1.82, 2.24) is 14.8 Å². The first-order valence-corrected chi connectivity index (χ1v) is 7.30. The average molecular weight is 288 g/mol. The van der Waals surface area contributed by atoms with E-state index < -0.39 is 0 Å². The van der Waals surface area contributed by atoms with Gasteiger partial charge in [0.25, 0.3) is 0 Å². The molecule has 21 heavy (non-hydrogen) atoms. The molecule has 1 atom stereocenters. The quantitative estimate of drug-likeness (QED) is 0.906. The fraction of sp³-hybridized carbons (Fsp3) is 0.467. The number of ether oxygens (including phenoxy) is 2. The molecule has 3 rings (SSSR count). The smallest absolute Gasteiger partial charge is 0.166 e. The standard InChI is InChI=1S/C15H20N4O2/c1-2-6-19-14(17-10-18-19)9-12(16)11-4-3-5-13-15(11)21-8-7-20-13/h3-5,10,12H,2,6-9,16H2,1H3. The maximum atomic E-state index is 6.36. The van der Waals surface area contributed by atoms with Crippen LogP contribution < -0.4 is 15.2 Å². The molecule has 2 aromatic rings. The van der Waals surface area contributed by atoms with Crippen LogP contribution in [0.3, 0.4) is 0 Å². The molecule has 2 N–H and O–H groups in total. The second-order valence-corrected chi connectivity index (χ2v) is 5.08. The van der Waals surface area contributed by atoms with Gasteiger partial charge in [0.05, 0.1) is 0 Å². The Kier molecular flexibility index (Phi) is 4.06. The highest BCUT2D eigenvalue weighted by Crippen LogP contribution is 2.36. The van der Waals surface area contributed by atoms with Gasteiger partial charge in [-0.1, -0.05) is 19.1 Å². The second kappa shape index (κ2) is 6.13. The average Bonchev–Trinajstić information content (AvgIpc) is 2.94. The van der Waals surface area contributed by atoms with Crippen molar-refractivity contribution < 1.29 is 9.47 Å². The first kappa shape index (κ1) is 13.9. The van der Waals surface area contributed by atoms with Crippen molar-refractivity contribution in [3.05, 3.63) is 35.9 Å². The number of aryl methyl sites for hydroxylation is 1. The lowest BCUT2D eigenvalue weighted by Crippen LogP contribution is -2.21. The van der Waals surface area contributed by atoms with E-state index >= 15 is 0 Å². The fourth-order valence-electron chi connectivity index (χ4n) is 2.54. The molecule has 0 fully saturated rings. The molecule has 1 aromatic carbocycles. The van der Waals surface area contributed by atoms with E-state index in [0.717, 1.165) is 35.9 Å². The van der Waals surface area contributed by atoms with Crippen molar-refractivity contribution in [3.63, 3.8) is 0 Å². The summed E-state index contributed by atoms with van der Waals surface area (Å²) in [7, 11) is 0. The molecule has 0 radical (unpaired) electrons. The largest absolute Gasteiger partial charge is 0.486 e. The first-order chi connectivity index (χ1) is 10.3. The molecule has 0 aliphatic carbocycles. The number of aromatic nitrogens is 3. The van der Waals surface area contributed by atoms with Gasteiger partial charge < -0.3 is 15.2 Å². The minimum Gasteiger partial charge on any atom is -0.486 e. The summed E-state index contributed by atoms with van der Waals surface area (Å²) in [6.07, 6.45) is 3.22. The molecule has 112 valence electrons. The number of nitrogens with zero attached hydrogens (tertiary/aromatic N) is 3. The van der Waals surface area contributed by atoms with Crippen LogP contribution in [-0.2, 0) is 13.0 Å². The van der Waals surface area contributed by atoms with E-state index in [9.17, 15) is 0 Å². The van der Waals surface area contributed by atoms with Crippen LogP contribution in [0, 0.1) is 0 Å². The van der Waals surface area contributed by atoms with Crippen LogP contribution in [0.5, 0.6) is 11.5 Å². The molecule has 2 heterocycles. The number of fused-ring (bicyclic) bond motifs is 1. The van der Waals surface area contributed by atoms with Gasteiger partial charge in [0.2, 0.25) is 0 Å². The summed E-state index contributed by atoms with van der Waals surface area (Å²) in [5, 5.41) is 4.23. The Hall–Kier alpha value is -2.08. The maximum Gasteiger partial charge on any atom is 0.166 e. The first-order valence-electron chi connectivity index (χ1n) is 7.30. The predicted molar refractivity (Wildman–Crippen MR) is 78.4 cm³/mol. The van der Waals surface area contributed by atoms with E-state index in [1.807, 2.05) is 22.9 Å².